The summed E-state index contributed by atoms with van der Waals surface area (Å²) in [6.45, 7) is 0. The molecule has 0 atom stereocenters. The standard InChI is InChI=1S/C16H19BrN2O/c17-13-1-2-14(18-8-13)16(20)19-15-11-4-9-3-10(6-11)7-12(15)5-9/h1-2,8-12,15H,3-7H2,(H,19,20). The maximum atomic E-state index is 12.4. The zero-order chi connectivity index (χ0) is 13.7. The normalized spacial score (nSPS) is 38.0. The van der Waals surface area contributed by atoms with Crippen LogP contribution in [0, 0.1) is 23.7 Å². The first-order chi connectivity index (χ1) is 9.69. The minimum Gasteiger partial charge on any atom is -0.347 e. The van der Waals surface area contributed by atoms with Gasteiger partial charge in [0.1, 0.15) is 5.69 Å². The lowest BCUT2D eigenvalue weighted by atomic mass is 9.54. The molecule has 4 fully saturated rings. The number of amides is 1. The Morgan fingerprint density at radius 1 is 1.10 bits per heavy atom. The van der Waals surface area contributed by atoms with E-state index in [0.29, 0.717) is 23.6 Å². The topological polar surface area (TPSA) is 42.0 Å². The predicted octanol–water partition coefficient (Wildman–Crippen LogP) is 3.40. The number of nitrogens with one attached hydrogen (secondary N) is 1. The van der Waals surface area contributed by atoms with Gasteiger partial charge >= 0.3 is 0 Å². The monoisotopic (exact) mass is 334 g/mol. The van der Waals surface area contributed by atoms with Crippen LogP contribution in [0.4, 0.5) is 0 Å². The van der Waals surface area contributed by atoms with E-state index in [2.05, 4.69) is 26.2 Å². The molecular weight excluding hydrogens is 316 g/mol. The van der Waals surface area contributed by atoms with Gasteiger partial charge < -0.3 is 5.32 Å². The van der Waals surface area contributed by atoms with E-state index in [0.717, 1.165) is 16.3 Å². The van der Waals surface area contributed by atoms with Crippen LogP contribution in [0.2, 0.25) is 0 Å². The number of carbonyl (C=O) groups excluding carboxylic acids is 1. The summed E-state index contributed by atoms with van der Waals surface area (Å²) in [5, 5.41) is 3.28. The second-order valence-corrected chi connectivity index (χ2v) is 7.71. The van der Waals surface area contributed by atoms with Gasteiger partial charge in [0, 0.05) is 16.7 Å². The largest absolute Gasteiger partial charge is 0.347 e. The second kappa shape index (κ2) is 4.83. The number of aromatic nitrogens is 1. The van der Waals surface area contributed by atoms with Crippen molar-refractivity contribution in [1.82, 2.24) is 10.3 Å². The maximum Gasteiger partial charge on any atom is 0.270 e. The molecule has 4 heteroatoms. The van der Waals surface area contributed by atoms with Crippen molar-refractivity contribution in [3.8, 4) is 0 Å². The molecule has 0 spiro atoms. The first kappa shape index (κ1) is 12.8. The summed E-state index contributed by atoms with van der Waals surface area (Å²) in [4.78, 5) is 16.6. The molecule has 1 N–H and O–H groups in total. The Labute approximate surface area is 127 Å². The highest BCUT2D eigenvalue weighted by atomic mass is 79.9. The molecule has 4 aliphatic rings. The third-order valence-corrected chi connectivity index (χ3v) is 5.95. The van der Waals surface area contributed by atoms with Crippen LogP contribution in [-0.2, 0) is 0 Å². The van der Waals surface area contributed by atoms with Crippen molar-refractivity contribution < 1.29 is 4.79 Å². The molecule has 4 aliphatic carbocycles. The van der Waals surface area contributed by atoms with Gasteiger partial charge in [-0.1, -0.05) is 0 Å². The number of halogens is 1. The predicted molar refractivity (Wildman–Crippen MR) is 80.2 cm³/mol. The highest BCUT2D eigenvalue weighted by molar-refractivity contribution is 9.10. The molecule has 0 aliphatic heterocycles. The molecule has 1 aromatic rings. The molecule has 1 amide bonds. The van der Waals surface area contributed by atoms with Crippen molar-refractivity contribution in [1.29, 1.82) is 0 Å². The van der Waals surface area contributed by atoms with Crippen LogP contribution in [-0.4, -0.2) is 16.9 Å². The third kappa shape index (κ3) is 2.18. The van der Waals surface area contributed by atoms with E-state index in [-0.39, 0.29) is 5.91 Å². The summed E-state index contributed by atoms with van der Waals surface area (Å²) in [5.74, 6) is 3.30. The quantitative estimate of drug-likeness (QED) is 0.900. The van der Waals surface area contributed by atoms with E-state index in [1.807, 2.05) is 6.07 Å². The van der Waals surface area contributed by atoms with Gasteiger partial charge in [-0.25, -0.2) is 4.98 Å². The fourth-order valence-electron chi connectivity index (χ4n) is 4.90. The summed E-state index contributed by atoms with van der Waals surface area (Å²) in [6.07, 6.45) is 8.43. The number of hydrogen-bond acceptors (Lipinski definition) is 2. The summed E-state index contributed by atoms with van der Waals surface area (Å²) in [5.41, 5.74) is 0.530. The number of nitrogens with zero attached hydrogens (tertiary/aromatic N) is 1. The van der Waals surface area contributed by atoms with Crippen molar-refractivity contribution >= 4 is 21.8 Å². The maximum absolute atomic E-state index is 12.4. The Hall–Kier alpha value is -0.900. The van der Waals surface area contributed by atoms with Crippen molar-refractivity contribution in [3.63, 3.8) is 0 Å². The number of pyridine rings is 1. The van der Waals surface area contributed by atoms with Gasteiger partial charge in [0.15, 0.2) is 0 Å². The molecule has 0 radical (unpaired) electrons. The fraction of sp³-hybridized carbons (Fsp3) is 0.625. The average molecular weight is 335 g/mol. The van der Waals surface area contributed by atoms with E-state index in [9.17, 15) is 4.79 Å². The number of rotatable bonds is 2. The zero-order valence-electron chi connectivity index (χ0n) is 11.4. The summed E-state index contributed by atoms with van der Waals surface area (Å²) in [7, 11) is 0. The van der Waals surface area contributed by atoms with E-state index >= 15 is 0 Å². The third-order valence-electron chi connectivity index (χ3n) is 5.48. The van der Waals surface area contributed by atoms with Gasteiger partial charge in [-0.05, 0) is 83.8 Å². The molecule has 3 nitrogen and oxygen atoms in total. The Kier molecular flexibility index (Phi) is 3.09. The van der Waals surface area contributed by atoms with E-state index in [1.54, 1.807) is 12.3 Å². The van der Waals surface area contributed by atoms with Crippen LogP contribution >= 0.6 is 15.9 Å². The molecule has 20 heavy (non-hydrogen) atoms. The lowest BCUT2D eigenvalue weighted by Crippen LogP contribution is -2.55. The number of carbonyl (C=O) groups is 1. The first-order valence-electron chi connectivity index (χ1n) is 7.61. The minimum absolute atomic E-state index is 0.00465. The molecule has 1 aromatic heterocycles. The molecule has 5 rings (SSSR count). The minimum atomic E-state index is -0.00465. The van der Waals surface area contributed by atoms with E-state index in [4.69, 9.17) is 0 Å². The van der Waals surface area contributed by atoms with Gasteiger partial charge in [0.05, 0.1) is 0 Å². The van der Waals surface area contributed by atoms with Gasteiger partial charge in [-0.15, -0.1) is 0 Å². The fourth-order valence-corrected chi connectivity index (χ4v) is 5.13. The van der Waals surface area contributed by atoms with Gasteiger partial charge in [-0.3, -0.25) is 4.79 Å². The number of hydrogen-bond donors (Lipinski definition) is 1. The smallest absolute Gasteiger partial charge is 0.270 e. The molecule has 0 unspecified atom stereocenters. The molecule has 4 bridgehead atoms. The highest BCUT2D eigenvalue weighted by Gasteiger charge is 2.48. The van der Waals surface area contributed by atoms with Crippen LogP contribution < -0.4 is 5.32 Å². The summed E-state index contributed by atoms with van der Waals surface area (Å²) >= 11 is 3.35. The van der Waals surface area contributed by atoms with Crippen LogP contribution in [0.15, 0.2) is 22.8 Å². The molecular formula is C16H19BrN2O. The first-order valence-corrected chi connectivity index (χ1v) is 8.41. The van der Waals surface area contributed by atoms with Gasteiger partial charge in [0.2, 0.25) is 0 Å². The average Bonchev–Trinajstić information content (AvgIpc) is 2.42. The van der Waals surface area contributed by atoms with Crippen LogP contribution in [0.25, 0.3) is 0 Å². The second-order valence-electron chi connectivity index (χ2n) is 6.79. The lowest BCUT2D eigenvalue weighted by molar-refractivity contribution is -0.0120. The molecule has 0 aromatic carbocycles. The van der Waals surface area contributed by atoms with E-state index in [1.165, 1.54) is 32.1 Å². The molecule has 1 heterocycles. The Morgan fingerprint density at radius 3 is 2.30 bits per heavy atom. The van der Waals surface area contributed by atoms with Crippen molar-refractivity contribution in [2.75, 3.05) is 0 Å². The zero-order valence-corrected chi connectivity index (χ0v) is 13.0. The Morgan fingerprint density at radius 2 is 1.75 bits per heavy atom. The highest BCUT2D eigenvalue weighted by Crippen LogP contribution is 2.53. The van der Waals surface area contributed by atoms with Crippen LogP contribution in [0.1, 0.15) is 42.6 Å². The Bertz CT molecular complexity index is 500. The van der Waals surface area contributed by atoms with Crippen LogP contribution in [0.3, 0.4) is 0 Å². The summed E-state index contributed by atoms with van der Waals surface area (Å²) in [6, 6.07) is 4.05. The van der Waals surface area contributed by atoms with Gasteiger partial charge in [0.25, 0.3) is 5.91 Å². The van der Waals surface area contributed by atoms with Crippen molar-refractivity contribution in [2.24, 2.45) is 23.7 Å². The van der Waals surface area contributed by atoms with E-state index < -0.39 is 0 Å². The van der Waals surface area contributed by atoms with Gasteiger partial charge in [-0.2, -0.15) is 0 Å². The molecule has 106 valence electrons. The van der Waals surface area contributed by atoms with Crippen molar-refractivity contribution in [3.05, 3.63) is 28.5 Å². The molecule has 4 saturated carbocycles. The van der Waals surface area contributed by atoms with Crippen molar-refractivity contribution in [2.45, 2.75) is 38.1 Å². The Balaban J connectivity index is 1.49. The lowest BCUT2D eigenvalue weighted by Gasteiger charge is -2.54. The summed E-state index contributed by atoms with van der Waals surface area (Å²) < 4.78 is 0.906. The SMILES string of the molecule is O=C(NC1C2CC3CC(C2)CC1C3)c1ccc(Br)cn1. The molecule has 0 saturated heterocycles. The van der Waals surface area contributed by atoms with Crippen LogP contribution in [0.5, 0.6) is 0 Å².